The molecule has 2 amide bonds. The maximum absolute atomic E-state index is 11.9. The summed E-state index contributed by atoms with van der Waals surface area (Å²) < 4.78 is 5.27. The molecule has 0 saturated heterocycles. The van der Waals surface area contributed by atoms with Gasteiger partial charge in [-0.15, -0.1) is 16.6 Å². The minimum atomic E-state index is -0.306. The highest BCUT2D eigenvalue weighted by molar-refractivity contribution is 7.11. The fraction of sp³-hybridized carbons (Fsp3) is 0.353. The molecule has 2 aromatic rings. The third-order valence-electron chi connectivity index (χ3n) is 2.94. The summed E-state index contributed by atoms with van der Waals surface area (Å²) in [7, 11) is 0. The number of urea groups is 1. The van der Waals surface area contributed by atoms with Crippen LogP contribution in [0.3, 0.4) is 0 Å². The van der Waals surface area contributed by atoms with Crippen LogP contribution in [-0.2, 0) is 12.0 Å². The second-order valence-electron chi connectivity index (χ2n) is 6.08. The summed E-state index contributed by atoms with van der Waals surface area (Å²) in [5, 5.41) is 15.5. The molecule has 126 valence electrons. The topological polar surface area (TPSA) is 76.1 Å². The molecule has 7 heteroatoms. The second kappa shape index (κ2) is 7.79. The first kappa shape index (κ1) is 17.8. The first-order chi connectivity index (χ1) is 11.4. The Bertz CT molecular complexity index is 726. The lowest BCUT2D eigenvalue weighted by Gasteiger charge is -2.12. The highest BCUT2D eigenvalue weighted by Crippen LogP contribution is 2.25. The molecular weight excluding hydrogens is 324 g/mol. The van der Waals surface area contributed by atoms with Gasteiger partial charge in [0.05, 0.1) is 6.54 Å². The largest absolute Gasteiger partial charge is 0.481 e. The number of aromatic nitrogens is 2. The third-order valence-corrected chi connectivity index (χ3v) is 4.29. The Morgan fingerprint density at radius 2 is 2.00 bits per heavy atom. The van der Waals surface area contributed by atoms with E-state index in [1.54, 1.807) is 24.3 Å². The maximum Gasteiger partial charge on any atom is 0.319 e. The van der Waals surface area contributed by atoms with Gasteiger partial charge in [0, 0.05) is 11.1 Å². The van der Waals surface area contributed by atoms with Crippen molar-refractivity contribution in [2.24, 2.45) is 0 Å². The Morgan fingerprint density at radius 3 is 2.58 bits per heavy atom. The van der Waals surface area contributed by atoms with Crippen molar-refractivity contribution in [3.63, 3.8) is 0 Å². The molecule has 0 atom stereocenters. The van der Waals surface area contributed by atoms with Crippen molar-refractivity contribution < 1.29 is 9.53 Å². The van der Waals surface area contributed by atoms with Gasteiger partial charge in [0.1, 0.15) is 22.4 Å². The molecule has 0 spiro atoms. The number of terminal acetylenes is 1. The van der Waals surface area contributed by atoms with Crippen LogP contribution >= 0.6 is 11.3 Å². The molecule has 0 saturated carbocycles. The summed E-state index contributed by atoms with van der Waals surface area (Å²) in [6.07, 6.45) is 5.13. The van der Waals surface area contributed by atoms with Crippen LogP contribution in [0.2, 0.25) is 0 Å². The smallest absolute Gasteiger partial charge is 0.319 e. The Morgan fingerprint density at radius 1 is 1.29 bits per heavy atom. The van der Waals surface area contributed by atoms with Gasteiger partial charge in [0.15, 0.2) is 0 Å². The van der Waals surface area contributed by atoms with E-state index < -0.39 is 0 Å². The summed E-state index contributed by atoms with van der Waals surface area (Å²) >= 11 is 1.50. The average molecular weight is 344 g/mol. The Hall–Kier alpha value is -2.59. The quantitative estimate of drug-likeness (QED) is 0.817. The lowest BCUT2D eigenvalue weighted by atomic mass is 9.98. The minimum Gasteiger partial charge on any atom is -0.481 e. The molecular formula is C17H20N4O2S. The molecule has 24 heavy (non-hydrogen) atoms. The van der Waals surface area contributed by atoms with E-state index in [-0.39, 0.29) is 18.1 Å². The van der Waals surface area contributed by atoms with E-state index >= 15 is 0 Å². The number of nitrogens with one attached hydrogen (secondary N) is 2. The molecule has 1 aromatic carbocycles. The third kappa shape index (κ3) is 5.25. The van der Waals surface area contributed by atoms with E-state index in [4.69, 9.17) is 11.2 Å². The zero-order valence-electron chi connectivity index (χ0n) is 13.9. The number of amides is 2. The van der Waals surface area contributed by atoms with Gasteiger partial charge in [-0.2, -0.15) is 0 Å². The molecule has 0 fully saturated rings. The fourth-order valence-corrected chi connectivity index (χ4v) is 2.56. The van der Waals surface area contributed by atoms with E-state index in [0.717, 1.165) is 10.0 Å². The van der Waals surface area contributed by atoms with Crippen LogP contribution in [0.1, 0.15) is 30.8 Å². The predicted octanol–water partition coefficient (Wildman–Crippen LogP) is 3.17. The van der Waals surface area contributed by atoms with Gasteiger partial charge in [-0.3, -0.25) is 0 Å². The average Bonchev–Trinajstić information content (AvgIpc) is 3.01. The standard InChI is InChI=1S/C17H20N4O2S/c1-5-10-23-13-8-6-12(7-9-13)19-16(22)18-11-14-20-21-15(24-14)17(2,3)4/h1,6-9H,10-11H2,2-4H3,(H2,18,19,22). The number of benzene rings is 1. The van der Waals surface area contributed by atoms with Crippen molar-refractivity contribution in [1.82, 2.24) is 15.5 Å². The Balaban J connectivity index is 1.83. The van der Waals surface area contributed by atoms with Gasteiger partial charge in [-0.25, -0.2) is 4.79 Å². The summed E-state index contributed by atoms with van der Waals surface area (Å²) in [6, 6.07) is 6.67. The van der Waals surface area contributed by atoms with E-state index in [0.29, 0.717) is 18.0 Å². The molecule has 2 N–H and O–H groups in total. The van der Waals surface area contributed by atoms with Gasteiger partial charge >= 0.3 is 6.03 Å². The molecule has 6 nitrogen and oxygen atoms in total. The van der Waals surface area contributed by atoms with E-state index in [9.17, 15) is 4.79 Å². The van der Waals surface area contributed by atoms with Gasteiger partial charge in [-0.05, 0) is 24.3 Å². The summed E-state index contributed by atoms with van der Waals surface area (Å²) in [6.45, 7) is 6.78. The van der Waals surface area contributed by atoms with Crippen molar-refractivity contribution in [2.75, 3.05) is 11.9 Å². The molecule has 0 aliphatic rings. The molecule has 0 radical (unpaired) electrons. The lowest BCUT2D eigenvalue weighted by molar-refractivity contribution is 0.251. The van der Waals surface area contributed by atoms with Crippen LogP contribution in [-0.4, -0.2) is 22.8 Å². The number of carbonyl (C=O) groups is 1. The predicted molar refractivity (Wildman–Crippen MR) is 95.2 cm³/mol. The van der Waals surface area contributed by atoms with Crippen molar-refractivity contribution in [2.45, 2.75) is 32.7 Å². The van der Waals surface area contributed by atoms with Crippen LogP contribution in [0.4, 0.5) is 10.5 Å². The van der Waals surface area contributed by atoms with Crippen LogP contribution in [0.25, 0.3) is 0 Å². The highest BCUT2D eigenvalue weighted by atomic mass is 32.1. The fourth-order valence-electron chi connectivity index (χ4n) is 1.72. The van der Waals surface area contributed by atoms with Crippen LogP contribution in [0, 0.1) is 12.3 Å². The van der Waals surface area contributed by atoms with Crippen molar-refractivity contribution in [3.05, 3.63) is 34.3 Å². The monoisotopic (exact) mass is 344 g/mol. The van der Waals surface area contributed by atoms with Crippen molar-refractivity contribution in [3.8, 4) is 18.1 Å². The van der Waals surface area contributed by atoms with Crippen LogP contribution in [0.15, 0.2) is 24.3 Å². The summed E-state index contributed by atoms with van der Waals surface area (Å²) in [4.78, 5) is 11.9. The zero-order valence-corrected chi connectivity index (χ0v) is 14.7. The number of hydrogen-bond acceptors (Lipinski definition) is 5. The van der Waals surface area contributed by atoms with E-state index in [2.05, 4.69) is 47.5 Å². The lowest BCUT2D eigenvalue weighted by Crippen LogP contribution is -2.28. The molecule has 1 aromatic heterocycles. The molecule has 2 rings (SSSR count). The number of ether oxygens (including phenoxy) is 1. The van der Waals surface area contributed by atoms with Crippen LogP contribution in [0.5, 0.6) is 5.75 Å². The Labute approximate surface area is 145 Å². The molecule has 0 bridgehead atoms. The zero-order chi connectivity index (χ0) is 17.6. The normalized spacial score (nSPS) is 10.8. The number of anilines is 1. The molecule has 0 aliphatic heterocycles. The molecule has 0 unspecified atom stereocenters. The van der Waals surface area contributed by atoms with Gasteiger partial charge in [0.2, 0.25) is 0 Å². The molecule has 1 heterocycles. The van der Waals surface area contributed by atoms with Gasteiger partial charge < -0.3 is 15.4 Å². The summed E-state index contributed by atoms with van der Waals surface area (Å²) in [5.41, 5.74) is 0.620. The Kier molecular flexibility index (Phi) is 5.77. The first-order valence-electron chi connectivity index (χ1n) is 7.42. The number of hydrogen-bond donors (Lipinski definition) is 2. The van der Waals surface area contributed by atoms with Crippen molar-refractivity contribution in [1.29, 1.82) is 0 Å². The number of rotatable bonds is 5. The SMILES string of the molecule is C#CCOc1ccc(NC(=O)NCc2nnc(C(C)(C)C)s2)cc1. The van der Waals surface area contributed by atoms with Gasteiger partial charge in [-0.1, -0.05) is 38.0 Å². The maximum atomic E-state index is 11.9. The first-order valence-corrected chi connectivity index (χ1v) is 8.24. The second-order valence-corrected chi connectivity index (χ2v) is 7.14. The minimum absolute atomic E-state index is 0.0403. The van der Waals surface area contributed by atoms with Crippen LogP contribution < -0.4 is 15.4 Å². The van der Waals surface area contributed by atoms with Crippen molar-refractivity contribution >= 4 is 23.1 Å². The number of carbonyl (C=O) groups excluding carboxylic acids is 1. The number of nitrogens with zero attached hydrogens (tertiary/aromatic N) is 2. The van der Waals surface area contributed by atoms with E-state index in [1.165, 1.54) is 11.3 Å². The highest BCUT2D eigenvalue weighted by Gasteiger charge is 2.19. The van der Waals surface area contributed by atoms with Gasteiger partial charge in [0.25, 0.3) is 0 Å². The van der Waals surface area contributed by atoms with E-state index in [1.807, 2.05) is 0 Å². The summed E-state index contributed by atoms with van der Waals surface area (Å²) in [5.74, 6) is 3.05. The molecule has 0 aliphatic carbocycles.